The summed E-state index contributed by atoms with van der Waals surface area (Å²) in [4.78, 5) is 0. The van der Waals surface area contributed by atoms with Crippen molar-refractivity contribution in [3.63, 3.8) is 0 Å². The van der Waals surface area contributed by atoms with E-state index < -0.39 is 0 Å². The van der Waals surface area contributed by atoms with Gasteiger partial charge in [-0.05, 0) is 25.3 Å². The van der Waals surface area contributed by atoms with Gasteiger partial charge in [0, 0.05) is 19.6 Å². The zero-order valence-corrected chi connectivity index (χ0v) is 7.42. The molecule has 2 heterocycles. The number of rotatable bonds is 1. The maximum absolute atomic E-state index is 5.78. The molecule has 2 fully saturated rings. The molecule has 0 saturated carbocycles. The third-order valence-electron chi connectivity index (χ3n) is 3.00. The number of hydrogen-bond acceptors (Lipinski definition) is 3. The molecular formula is C9H17NO2. The Hall–Kier alpha value is -0.120. The summed E-state index contributed by atoms with van der Waals surface area (Å²) in [6.07, 6.45) is 3.28. The van der Waals surface area contributed by atoms with E-state index in [-0.39, 0.29) is 5.60 Å². The highest BCUT2D eigenvalue weighted by Crippen LogP contribution is 2.35. The maximum atomic E-state index is 5.78. The molecule has 1 spiro atoms. The summed E-state index contributed by atoms with van der Waals surface area (Å²) >= 11 is 0. The van der Waals surface area contributed by atoms with E-state index in [0.717, 1.165) is 45.6 Å². The molecule has 2 rings (SSSR count). The Morgan fingerprint density at radius 3 is 3.00 bits per heavy atom. The molecule has 0 aromatic heterocycles. The average molecular weight is 171 g/mol. The van der Waals surface area contributed by atoms with E-state index in [2.05, 4.69) is 0 Å². The van der Waals surface area contributed by atoms with Crippen LogP contribution in [-0.2, 0) is 9.47 Å². The van der Waals surface area contributed by atoms with Crippen molar-refractivity contribution in [3.8, 4) is 0 Å². The molecule has 0 aliphatic carbocycles. The summed E-state index contributed by atoms with van der Waals surface area (Å²) < 4.78 is 11.1. The van der Waals surface area contributed by atoms with E-state index in [1.807, 2.05) is 0 Å². The van der Waals surface area contributed by atoms with Gasteiger partial charge in [0.1, 0.15) is 0 Å². The van der Waals surface area contributed by atoms with Gasteiger partial charge in [0.25, 0.3) is 0 Å². The Kier molecular flexibility index (Phi) is 2.35. The quantitative estimate of drug-likeness (QED) is 0.626. The average Bonchev–Trinajstić information content (AvgIpc) is 2.53. The van der Waals surface area contributed by atoms with Crippen LogP contribution in [-0.4, -0.2) is 32.0 Å². The molecule has 0 bridgehead atoms. The van der Waals surface area contributed by atoms with Gasteiger partial charge in [-0.3, -0.25) is 0 Å². The first kappa shape index (κ1) is 8.48. The zero-order valence-electron chi connectivity index (χ0n) is 7.42. The lowest BCUT2D eigenvalue weighted by Crippen LogP contribution is -2.42. The highest BCUT2D eigenvalue weighted by Gasteiger charge is 2.40. The summed E-state index contributed by atoms with van der Waals surface area (Å²) in [5, 5.41) is 0. The van der Waals surface area contributed by atoms with Crippen LogP contribution in [0.25, 0.3) is 0 Å². The van der Waals surface area contributed by atoms with Crippen LogP contribution in [0, 0.1) is 5.92 Å². The first-order valence-corrected chi connectivity index (χ1v) is 4.76. The van der Waals surface area contributed by atoms with Crippen LogP contribution in [0.15, 0.2) is 0 Å². The Morgan fingerprint density at radius 2 is 2.33 bits per heavy atom. The van der Waals surface area contributed by atoms with Crippen LogP contribution in [0.4, 0.5) is 0 Å². The highest BCUT2D eigenvalue weighted by molar-refractivity contribution is 4.90. The van der Waals surface area contributed by atoms with Gasteiger partial charge in [0.2, 0.25) is 0 Å². The van der Waals surface area contributed by atoms with Gasteiger partial charge in [-0.15, -0.1) is 0 Å². The number of ether oxygens (including phenoxy) is 2. The molecule has 0 unspecified atom stereocenters. The standard InChI is InChI=1S/C9H17NO2/c10-6-8-1-3-12-9(5-8)2-4-11-7-9/h8H,1-7,10H2/t8-,9-/m0/s1. The second-order valence-electron chi connectivity index (χ2n) is 3.93. The van der Waals surface area contributed by atoms with Gasteiger partial charge in [-0.25, -0.2) is 0 Å². The van der Waals surface area contributed by atoms with E-state index >= 15 is 0 Å². The lowest BCUT2D eigenvalue weighted by Gasteiger charge is -2.36. The fourth-order valence-electron chi connectivity index (χ4n) is 2.19. The zero-order chi connectivity index (χ0) is 8.44. The van der Waals surface area contributed by atoms with Gasteiger partial charge in [0.05, 0.1) is 12.2 Å². The minimum atomic E-state index is 0.0439. The van der Waals surface area contributed by atoms with Gasteiger partial charge in [-0.1, -0.05) is 0 Å². The topological polar surface area (TPSA) is 44.5 Å². The third kappa shape index (κ3) is 1.49. The molecule has 2 aliphatic heterocycles. The molecule has 70 valence electrons. The van der Waals surface area contributed by atoms with Gasteiger partial charge in [-0.2, -0.15) is 0 Å². The Bertz CT molecular complexity index is 155. The van der Waals surface area contributed by atoms with Crippen LogP contribution in [0.2, 0.25) is 0 Å². The minimum Gasteiger partial charge on any atom is -0.378 e. The fourth-order valence-corrected chi connectivity index (χ4v) is 2.19. The molecule has 2 N–H and O–H groups in total. The number of hydrogen-bond donors (Lipinski definition) is 1. The summed E-state index contributed by atoms with van der Waals surface area (Å²) in [5.74, 6) is 0.653. The summed E-state index contributed by atoms with van der Waals surface area (Å²) in [6, 6.07) is 0. The van der Waals surface area contributed by atoms with Crippen LogP contribution >= 0.6 is 0 Å². The first-order chi connectivity index (χ1) is 5.85. The van der Waals surface area contributed by atoms with Gasteiger partial charge in [0.15, 0.2) is 0 Å². The van der Waals surface area contributed by atoms with Crippen molar-refractivity contribution in [1.29, 1.82) is 0 Å². The van der Waals surface area contributed by atoms with Crippen molar-refractivity contribution < 1.29 is 9.47 Å². The fraction of sp³-hybridized carbons (Fsp3) is 1.00. The van der Waals surface area contributed by atoms with Crippen LogP contribution in [0.5, 0.6) is 0 Å². The van der Waals surface area contributed by atoms with Crippen molar-refractivity contribution >= 4 is 0 Å². The molecule has 12 heavy (non-hydrogen) atoms. The number of nitrogens with two attached hydrogens (primary N) is 1. The smallest absolute Gasteiger partial charge is 0.0939 e. The largest absolute Gasteiger partial charge is 0.378 e. The molecule has 2 atom stereocenters. The maximum Gasteiger partial charge on any atom is 0.0939 e. The van der Waals surface area contributed by atoms with Crippen molar-refractivity contribution in [3.05, 3.63) is 0 Å². The lowest BCUT2D eigenvalue weighted by molar-refractivity contribution is -0.0963. The predicted molar refractivity (Wildman–Crippen MR) is 45.9 cm³/mol. The van der Waals surface area contributed by atoms with E-state index in [1.54, 1.807) is 0 Å². The predicted octanol–water partition coefficient (Wildman–Crippen LogP) is 0.531. The third-order valence-corrected chi connectivity index (χ3v) is 3.00. The van der Waals surface area contributed by atoms with Gasteiger partial charge < -0.3 is 15.2 Å². The molecule has 0 aromatic rings. The van der Waals surface area contributed by atoms with E-state index in [4.69, 9.17) is 15.2 Å². The summed E-state index contributed by atoms with van der Waals surface area (Å²) in [5.41, 5.74) is 5.70. The SMILES string of the molecule is NC[C@H]1CCO[C@@]2(CCOC2)C1. The van der Waals surface area contributed by atoms with Crippen LogP contribution < -0.4 is 5.73 Å². The molecule has 3 heteroatoms. The normalized spacial score (nSPS) is 42.2. The second-order valence-corrected chi connectivity index (χ2v) is 3.93. The van der Waals surface area contributed by atoms with Crippen LogP contribution in [0.3, 0.4) is 0 Å². The van der Waals surface area contributed by atoms with E-state index in [0.29, 0.717) is 5.92 Å². The Balaban J connectivity index is 1.97. The van der Waals surface area contributed by atoms with Crippen molar-refractivity contribution in [2.45, 2.75) is 24.9 Å². The lowest BCUT2D eigenvalue weighted by atomic mass is 9.85. The molecule has 0 radical (unpaired) electrons. The summed E-state index contributed by atoms with van der Waals surface area (Å²) in [7, 11) is 0. The molecule has 3 nitrogen and oxygen atoms in total. The molecule has 0 aromatic carbocycles. The van der Waals surface area contributed by atoms with E-state index in [1.165, 1.54) is 0 Å². The van der Waals surface area contributed by atoms with Crippen molar-refractivity contribution in [1.82, 2.24) is 0 Å². The van der Waals surface area contributed by atoms with Crippen molar-refractivity contribution in [2.75, 3.05) is 26.4 Å². The first-order valence-electron chi connectivity index (χ1n) is 4.76. The Labute approximate surface area is 73.2 Å². The summed E-state index contributed by atoms with van der Waals surface area (Å²) in [6.45, 7) is 3.30. The molecule has 0 amide bonds. The van der Waals surface area contributed by atoms with Crippen LogP contribution in [0.1, 0.15) is 19.3 Å². The highest BCUT2D eigenvalue weighted by atomic mass is 16.6. The molecular weight excluding hydrogens is 154 g/mol. The van der Waals surface area contributed by atoms with Gasteiger partial charge >= 0.3 is 0 Å². The molecule has 2 saturated heterocycles. The monoisotopic (exact) mass is 171 g/mol. The second kappa shape index (κ2) is 3.32. The van der Waals surface area contributed by atoms with Crippen molar-refractivity contribution in [2.24, 2.45) is 11.7 Å². The minimum absolute atomic E-state index is 0.0439. The van der Waals surface area contributed by atoms with E-state index in [9.17, 15) is 0 Å². The molecule has 2 aliphatic rings. The Morgan fingerprint density at radius 1 is 1.42 bits per heavy atom.